The van der Waals surface area contributed by atoms with E-state index in [2.05, 4.69) is 27.3 Å². The molecule has 1 aromatic carbocycles. The third-order valence-corrected chi connectivity index (χ3v) is 6.76. The maximum Gasteiger partial charge on any atom is 0.336 e. The Morgan fingerprint density at radius 3 is 2.79 bits per heavy atom. The minimum absolute atomic E-state index is 0.00357. The van der Waals surface area contributed by atoms with Gasteiger partial charge in [-0.1, -0.05) is 12.1 Å². The predicted molar refractivity (Wildman–Crippen MR) is 101 cm³/mol. The minimum atomic E-state index is -4.13. The summed E-state index contributed by atoms with van der Waals surface area (Å²) in [6, 6.07) is 5.29. The molecular formula is C17H22N6O4S. The van der Waals surface area contributed by atoms with Gasteiger partial charge in [0.05, 0.1) is 11.8 Å². The highest BCUT2D eigenvalue weighted by Crippen LogP contribution is 2.32. The molecule has 0 aromatic heterocycles. The molecule has 2 aliphatic rings. The van der Waals surface area contributed by atoms with Gasteiger partial charge in [0.25, 0.3) is 10.0 Å². The molecule has 11 heteroatoms. The summed E-state index contributed by atoms with van der Waals surface area (Å²) in [6.45, 7) is 3.71. The van der Waals surface area contributed by atoms with E-state index in [1.54, 1.807) is 26.0 Å². The summed E-state index contributed by atoms with van der Waals surface area (Å²) in [5, 5.41) is 20.3. The fourth-order valence-corrected chi connectivity index (χ4v) is 4.95. The SMILES string of the molecule is Cc1cccc2c1S(=O)(=O)N(CC(=O)N[C@H](C)C1CNC(C#N)CN1)C(=O)N2. The molecule has 1 fully saturated rings. The summed E-state index contributed by atoms with van der Waals surface area (Å²) in [5.41, 5.74) is 0.695. The summed E-state index contributed by atoms with van der Waals surface area (Å²) >= 11 is 0. The number of amides is 3. The Labute approximate surface area is 163 Å². The van der Waals surface area contributed by atoms with Crippen LogP contribution < -0.4 is 21.3 Å². The van der Waals surface area contributed by atoms with E-state index in [1.165, 1.54) is 6.07 Å². The molecule has 3 atom stereocenters. The smallest absolute Gasteiger partial charge is 0.336 e. The standard InChI is InChI=1S/C17H22N6O4S/c1-10-4-3-5-13-16(10)28(26,27)23(17(25)22-13)9-15(24)21-11(2)14-8-19-12(6-18)7-20-14/h3-5,11-12,14,19-20H,7-9H2,1-2H3,(H,21,24)(H,22,25)/t11-,12?,14?/m1/s1. The van der Waals surface area contributed by atoms with Gasteiger partial charge in [0.15, 0.2) is 0 Å². The quantitative estimate of drug-likeness (QED) is 0.527. The molecule has 2 heterocycles. The predicted octanol–water partition coefficient (Wildman–Crippen LogP) is -0.510. The lowest BCUT2D eigenvalue weighted by Crippen LogP contribution is -2.61. The van der Waals surface area contributed by atoms with Crippen LogP contribution in [-0.2, 0) is 14.8 Å². The van der Waals surface area contributed by atoms with Gasteiger partial charge in [0.1, 0.15) is 17.5 Å². The molecule has 0 bridgehead atoms. The van der Waals surface area contributed by atoms with E-state index >= 15 is 0 Å². The number of anilines is 1. The zero-order valence-corrected chi connectivity index (χ0v) is 16.3. The first-order valence-corrected chi connectivity index (χ1v) is 10.3. The third-order valence-electron chi connectivity index (χ3n) is 4.83. The first-order chi connectivity index (χ1) is 13.2. The largest absolute Gasteiger partial charge is 0.350 e. The molecule has 3 amide bonds. The molecule has 0 aliphatic carbocycles. The Hall–Kier alpha value is -2.68. The second-order valence-electron chi connectivity index (χ2n) is 6.85. The maximum absolute atomic E-state index is 12.9. The van der Waals surface area contributed by atoms with Gasteiger partial charge in [-0.3, -0.25) is 10.1 Å². The first kappa shape index (κ1) is 20.1. The Balaban J connectivity index is 1.68. The Kier molecular flexibility index (Phi) is 5.55. The monoisotopic (exact) mass is 406 g/mol. The summed E-state index contributed by atoms with van der Waals surface area (Å²) in [5.74, 6) is -0.590. The lowest BCUT2D eigenvalue weighted by atomic mass is 10.1. The highest BCUT2D eigenvalue weighted by molar-refractivity contribution is 7.90. The van der Waals surface area contributed by atoms with Gasteiger partial charge < -0.3 is 16.0 Å². The lowest BCUT2D eigenvalue weighted by molar-refractivity contribution is -0.121. The van der Waals surface area contributed by atoms with E-state index < -0.39 is 28.5 Å². The Bertz CT molecular complexity index is 933. The third kappa shape index (κ3) is 3.80. The Morgan fingerprint density at radius 2 is 2.14 bits per heavy atom. The second kappa shape index (κ2) is 7.75. The number of piperazine rings is 1. The molecule has 1 aromatic rings. The molecule has 28 heavy (non-hydrogen) atoms. The van der Waals surface area contributed by atoms with Crippen molar-refractivity contribution in [2.75, 3.05) is 25.0 Å². The molecule has 3 rings (SSSR count). The lowest BCUT2D eigenvalue weighted by Gasteiger charge is -2.33. The van der Waals surface area contributed by atoms with Crippen LogP contribution in [0.3, 0.4) is 0 Å². The second-order valence-corrected chi connectivity index (χ2v) is 8.65. The molecular weight excluding hydrogens is 384 g/mol. The number of urea groups is 1. The van der Waals surface area contributed by atoms with E-state index in [0.29, 0.717) is 23.0 Å². The van der Waals surface area contributed by atoms with Crippen molar-refractivity contribution >= 4 is 27.6 Å². The Morgan fingerprint density at radius 1 is 1.39 bits per heavy atom. The van der Waals surface area contributed by atoms with Crippen molar-refractivity contribution in [1.29, 1.82) is 5.26 Å². The van der Waals surface area contributed by atoms with Crippen LogP contribution in [-0.4, -0.2) is 62.4 Å². The average Bonchev–Trinajstić information content (AvgIpc) is 2.64. The fourth-order valence-electron chi connectivity index (χ4n) is 3.31. The summed E-state index contributed by atoms with van der Waals surface area (Å²) in [7, 11) is -4.13. The zero-order valence-electron chi connectivity index (χ0n) is 15.5. The normalized spacial score (nSPS) is 24.5. The minimum Gasteiger partial charge on any atom is -0.350 e. The zero-order chi connectivity index (χ0) is 20.5. The van der Waals surface area contributed by atoms with Crippen molar-refractivity contribution in [2.24, 2.45) is 0 Å². The number of nitrogens with one attached hydrogen (secondary N) is 4. The molecule has 0 radical (unpaired) electrons. The average molecular weight is 406 g/mol. The number of rotatable bonds is 4. The molecule has 10 nitrogen and oxygen atoms in total. The van der Waals surface area contributed by atoms with E-state index in [1.807, 2.05) is 0 Å². The molecule has 4 N–H and O–H groups in total. The van der Waals surface area contributed by atoms with Crippen LogP contribution in [0.25, 0.3) is 0 Å². The number of sulfonamides is 1. The number of nitrogens with zero attached hydrogens (tertiary/aromatic N) is 2. The van der Waals surface area contributed by atoms with Gasteiger partial charge in [0, 0.05) is 25.2 Å². The van der Waals surface area contributed by atoms with Gasteiger partial charge >= 0.3 is 6.03 Å². The van der Waals surface area contributed by atoms with Gasteiger partial charge in [-0.15, -0.1) is 0 Å². The highest BCUT2D eigenvalue weighted by atomic mass is 32.2. The van der Waals surface area contributed by atoms with E-state index in [9.17, 15) is 18.0 Å². The number of fused-ring (bicyclic) bond motifs is 1. The van der Waals surface area contributed by atoms with Crippen molar-refractivity contribution < 1.29 is 18.0 Å². The van der Waals surface area contributed by atoms with Crippen LogP contribution in [0.5, 0.6) is 0 Å². The molecule has 2 unspecified atom stereocenters. The number of hydrogen-bond acceptors (Lipinski definition) is 7. The summed E-state index contributed by atoms with van der Waals surface area (Å²) in [4.78, 5) is 24.7. The van der Waals surface area contributed by atoms with Crippen LogP contribution in [0.15, 0.2) is 23.1 Å². The van der Waals surface area contributed by atoms with Crippen molar-refractivity contribution in [3.63, 3.8) is 0 Å². The van der Waals surface area contributed by atoms with E-state index in [-0.39, 0.29) is 28.7 Å². The van der Waals surface area contributed by atoms with Gasteiger partial charge in [-0.25, -0.2) is 17.5 Å². The number of benzene rings is 1. The maximum atomic E-state index is 12.9. The van der Waals surface area contributed by atoms with Crippen LogP contribution in [0.1, 0.15) is 12.5 Å². The summed E-state index contributed by atoms with van der Waals surface area (Å²) in [6.07, 6.45) is 0. The van der Waals surface area contributed by atoms with Crippen LogP contribution in [0.2, 0.25) is 0 Å². The summed E-state index contributed by atoms with van der Waals surface area (Å²) < 4.78 is 26.3. The number of hydrogen-bond donors (Lipinski definition) is 4. The van der Waals surface area contributed by atoms with Crippen LogP contribution in [0, 0.1) is 18.3 Å². The van der Waals surface area contributed by atoms with E-state index in [4.69, 9.17) is 5.26 Å². The van der Waals surface area contributed by atoms with Gasteiger partial charge in [-0.2, -0.15) is 5.26 Å². The van der Waals surface area contributed by atoms with Crippen molar-refractivity contribution in [2.45, 2.75) is 36.9 Å². The van der Waals surface area contributed by atoms with Crippen molar-refractivity contribution in [1.82, 2.24) is 20.3 Å². The highest BCUT2D eigenvalue weighted by Gasteiger charge is 2.39. The van der Waals surface area contributed by atoms with Crippen molar-refractivity contribution in [3.05, 3.63) is 23.8 Å². The fraction of sp³-hybridized carbons (Fsp3) is 0.471. The molecule has 0 saturated carbocycles. The first-order valence-electron chi connectivity index (χ1n) is 8.83. The number of carbonyl (C=O) groups is 2. The number of nitriles is 1. The molecule has 150 valence electrons. The number of aryl methyl sites for hydroxylation is 1. The van der Waals surface area contributed by atoms with Crippen molar-refractivity contribution in [3.8, 4) is 6.07 Å². The van der Waals surface area contributed by atoms with Gasteiger partial charge in [0.2, 0.25) is 5.91 Å². The van der Waals surface area contributed by atoms with E-state index in [0.717, 1.165) is 0 Å². The topological polar surface area (TPSA) is 143 Å². The molecule has 0 spiro atoms. The van der Waals surface area contributed by atoms with Gasteiger partial charge in [-0.05, 0) is 25.5 Å². The molecule has 1 saturated heterocycles. The number of carbonyl (C=O) groups excluding carboxylic acids is 2. The van der Waals surface area contributed by atoms with Crippen LogP contribution >= 0.6 is 0 Å². The molecule has 2 aliphatic heterocycles. The van der Waals surface area contributed by atoms with Crippen LogP contribution in [0.4, 0.5) is 10.5 Å².